The maximum atomic E-state index is 6.01. The summed E-state index contributed by atoms with van der Waals surface area (Å²) in [6.07, 6.45) is 10.6. The molecule has 1 aromatic heterocycles. The van der Waals surface area contributed by atoms with Gasteiger partial charge in [0.25, 0.3) is 0 Å². The smallest absolute Gasteiger partial charge is 0.134 e. The van der Waals surface area contributed by atoms with E-state index in [1.807, 2.05) is 0 Å². The van der Waals surface area contributed by atoms with Crippen LogP contribution in [0.15, 0.2) is 17.7 Å². The molecular weight excluding hydrogens is 258 g/mol. The molecule has 0 aliphatic heterocycles. The summed E-state index contributed by atoms with van der Waals surface area (Å²) < 4.78 is 0. The molecule has 1 aliphatic carbocycles. The van der Waals surface area contributed by atoms with Crippen LogP contribution in [0.1, 0.15) is 51.3 Å². The van der Waals surface area contributed by atoms with Gasteiger partial charge >= 0.3 is 0 Å². The molecule has 1 aromatic rings. The first-order valence-electron chi connectivity index (χ1n) is 7.23. The van der Waals surface area contributed by atoms with E-state index in [2.05, 4.69) is 28.3 Å². The average molecular weight is 280 g/mol. The monoisotopic (exact) mass is 279 g/mol. The fraction of sp³-hybridized carbons (Fsp3) is 0.600. The topological polar surface area (TPSA) is 37.8 Å². The van der Waals surface area contributed by atoms with Crippen LogP contribution in [0.3, 0.4) is 0 Å². The van der Waals surface area contributed by atoms with Crippen LogP contribution in [0.5, 0.6) is 0 Å². The molecule has 0 spiro atoms. The Kier molecular flexibility index (Phi) is 5.64. The molecule has 1 N–H and O–H groups in total. The van der Waals surface area contributed by atoms with Crippen molar-refractivity contribution in [2.45, 2.75) is 51.9 Å². The van der Waals surface area contributed by atoms with Gasteiger partial charge in [0.2, 0.25) is 0 Å². The summed E-state index contributed by atoms with van der Waals surface area (Å²) in [6.45, 7) is 3.04. The van der Waals surface area contributed by atoms with Gasteiger partial charge in [-0.05, 0) is 38.5 Å². The Hall–Kier alpha value is -1.09. The summed E-state index contributed by atoms with van der Waals surface area (Å²) in [7, 11) is 0. The van der Waals surface area contributed by atoms with E-state index in [9.17, 15) is 0 Å². The third kappa shape index (κ3) is 4.83. The molecule has 0 amide bonds. The highest BCUT2D eigenvalue weighted by Crippen LogP contribution is 2.20. The first-order valence-corrected chi connectivity index (χ1v) is 7.61. The van der Waals surface area contributed by atoms with Crippen LogP contribution in [0.4, 0.5) is 5.82 Å². The highest BCUT2D eigenvalue weighted by molar-refractivity contribution is 6.29. The van der Waals surface area contributed by atoms with Crippen molar-refractivity contribution >= 4 is 17.4 Å². The van der Waals surface area contributed by atoms with Gasteiger partial charge in [-0.15, -0.1) is 0 Å². The molecule has 0 radical (unpaired) electrons. The molecule has 0 bridgehead atoms. The van der Waals surface area contributed by atoms with Crippen LogP contribution >= 0.6 is 11.6 Å². The molecule has 0 saturated heterocycles. The van der Waals surface area contributed by atoms with Gasteiger partial charge in [0.1, 0.15) is 16.8 Å². The van der Waals surface area contributed by atoms with Crippen LogP contribution in [0.25, 0.3) is 0 Å². The predicted molar refractivity (Wildman–Crippen MR) is 80.7 cm³/mol. The minimum atomic E-state index is 0.526. The van der Waals surface area contributed by atoms with E-state index < -0.39 is 0 Å². The predicted octanol–water partition coefficient (Wildman–Crippen LogP) is 4.38. The maximum absolute atomic E-state index is 6.01. The van der Waals surface area contributed by atoms with E-state index in [0.717, 1.165) is 37.4 Å². The van der Waals surface area contributed by atoms with Gasteiger partial charge in [-0.25, -0.2) is 9.97 Å². The van der Waals surface area contributed by atoms with Crippen molar-refractivity contribution in [2.75, 3.05) is 11.9 Å². The molecule has 1 heterocycles. The SMILES string of the molecule is CCCc1nc(Cl)cc(NCCC2=CCCCC2)n1. The number of nitrogens with zero attached hydrogens (tertiary/aromatic N) is 2. The summed E-state index contributed by atoms with van der Waals surface area (Å²) in [5.41, 5.74) is 1.58. The molecule has 2 rings (SSSR count). The van der Waals surface area contributed by atoms with Crippen molar-refractivity contribution < 1.29 is 0 Å². The summed E-state index contributed by atoms with van der Waals surface area (Å²) in [6, 6.07) is 1.80. The van der Waals surface area contributed by atoms with E-state index in [-0.39, 0.29) is 0 Å². The average Bonchev–Trinajstić information content (AvgIpc) is 2.40. The lowest BCUT2D eigenvalue weighted by Gasteiger charge is -2.13. The van der Waals surface area contributed by atoms with Gasteiger partial charge in [0, 0.05) is 19.0 Å². The Morgan fingerprint density at radius 1 is 1.26 bits per heavy atom. The summed E-state index contributed by atoms with van der Waals surface area (Å²) in [4.78, 5) is 8.70. The minimum absolute atomic E-state index is 0.526. The first-order chi connectivity index (χ1) is 9.28. The molecule has 1 aliphatic rings. The third-order valence-electron chi connectivity index (χ3n) is 3.35. The second-order valence-electron chi connectivity index (χ2n) is 5.03. The van der Waals surface area contributed by atoms with E-state index in [1.165, 1.54) is 25.7 Å². The number of hydrogen-bond acceptors (Lipinski definition) is 3. The highest BCUT2D eigenvalue weighted by atomic mass is 35.5. The molecule has 19 heavy (non-hydrogen) atoms. The van der Waals surface area contributed by atoms with Crippen molar-refractivity contribution in [1.82, 2.24) is 9.97 Å². The van der Waals surface area contributed by atoms with Crippen molar-refractivity contribution in [1.29, 1.82) is 0 Å². The van der Waals surface area contributed by atoms with E-state index >= 15 is 0 Å². The molecule has 0 atom stereocenters. The summed E-state index contributed by atoms with van der Waals surface area (Å²) in [5, 5.41) is 3.88. The number of anilines is 1. The molecule has 0 unspecified atom stereocenters. The number of halogens is 1. The van der Waals surface area contributed by atoms with Gasteiger partial charge in [-0.1, -0.05) is 30.2 Å². The summed E-state index contributed by atoms with van der Waals surface area (Å²) in [5.74, 6) is 1.68. The standard InChI is InChI=1S/C15H22ClN3/c1-2-6-14-18-13(16)11-15(19-14)17-10-9-12-7-4-3-5-8-12/h7,11H,2-6,8-10H2,1H3,(H,17,18,19). The molecule has 3 nitrogen and oxygen atoms in total. The lowest BCUT2D eigenvalue weighted by molar-refractivity contribution is 0.679. The number of aryl methyl sites for hydroxylation is 1. The molecule has 104 valence electrons. The van der Waals surface area contributed by atoms with Crippen LogP contribution in [0, 0.1) is 0 Å². The second kappa shape index (κ2) is 7.49. The van der Waals surface area contributed by atoms with Crippen LogP contribution in [-0.2, 0) is 6.42 Å². The van der Waals surface area contributed by atoms with E-state index in [0.29, 0.717) is 5.15 Å². The van der Waals surface area contributed by atoms with Crippen molar-refractivity contribution in [3.63, 3.8) is 0 Å². The Morgan fingerprint density at radius 2 is 2.16 bits per heavy atom. The zero-order chi connectivity index (χ0) is 13.5. The van der Waals surface area contributed by atoms with Gasteiger partial charge in [-0.3, -0.25) is 0 Å². The largest absolute Gasteiger partial charge is 0.370 e. The van der Waals surface area contributed by atoms with Crippen LogP contribution in [-0.4, -0.2) is 16.5 Å². The first kappa shape index (κ1) is 14.3. The minimum Gasteiger partial charge on any atom is -0.370 e. The number of hydrogen-bond donors (Lipinski definition) is 1. The zero-order valence-electron chi connectivity index (χ0n) is 11.6. The molecule has 0 fully saturated rings. The van der Waals surface area contributed by atoms with E-state index in [1.54, 1.807) is 11.6 Å². The lowest BCUT2D eigenvalue weighted by Crippen LogP contribution is -2.07. The van der Waals surface area contributed by atoms with Gasteiger partial charge in [0.05, 0.1) is 0 Å². The summed E-state index contributed by atoms with van der Waals surface area (Å²) >= 11 is 6.01. The zero-order valence-corrected chi connectivity index (χ0v) is 12.3. The van der Waals surface area contributed by atoms with Crippen molar-refractivity contribution in [3.05, 3.63) is 28.7 Å². The third-order valence-corrected chi connectivity index (χ3v) is 3.55. The fourth-order valence-corrected chi connectivity index (χ4v) is 2.57. The number of allylic oxidation sites excluding steroid dienone is 1. The number of rotatable bonds is 6. The van der Waals surface area contributed by atoms with Crippen molar-refractivity contribution in [2.24, 2.45) is 0 Å². The molecular formula is C15H22ClN3. The second-order valence-corrected chi connectivity index (χ2v) is 5.41. The Bertz CT molecular complexity index is 443. The molecule has 0 saturated carbocycles. The van der Waals surface area contributed by atoms with E-state index in [4.69, 9.17) is 11.6 Å². The van der Waals surface area contributed by atoms with Gasteiger partial charge < -0.3 is 5.32 Å². The highest BCUT2D eigenvalue weighted by Gasteiger charge is 2.05. The molecule has 0 aromatic carbocycles. The van der Waals surface area contributed by atoms with Gasteiger partial charge in [0.15, 0.2) is 0 Å². The maximum Gasteiger partial charge on any atom is 0.134 e. The van der Waals surface area contributed by atoms with Crippen LogP contribution < -0.4 is 5.32 Å². The number of nitrogens with one attached hydrogen (secondary N) is 1. The van der Waals surface area contributed by atoms with Crippen molar-refractivity contribution in [3.8, 4) is 0 Å². The van der Waals surface area contributed by atoms with Gasteiger partial charge in [-0.2, -0.15) is 0 Å². The quantitative estimate of drug-likeness (QED) is 0.620. The van der Waals surface area contributed by atoms with Crippen LogP contribution in [0.2, 0.25) is 5.15 Å². The fourth-order valence-electron chi connectivity index (χ4n) is 2.37. The molecule has 4 heteroatoms. The Balaban J connectivity index is 1.86. The Morgan fingerprint density at radius 3 is 2.89 bits per heavy atom. The lowest BCUT2D eigenvalue weighted by atomic mass is 9.97. The normalized spacial score (nSPS) is 15.2. The number of aromatic nitrogens is 2. The Labute approximate surface area is 120 Å².